The van der Waals surface area contributed by atoms with E-state index in [9.17, 15) is 19.2 Å². The zero-order valence-electron chi connectivity index (χ0n) is 18.3. The van der Waals surface area contributed by atoms with Crippen molar-refractivity contribution < 1.29 is 23.9 Å². The van der Waals surface area contributed by atoms with Gasteiger partial charge in [-0.2, -0.15) is 0 Å². The molecule has 0 radical (unpaired) electrons. The highest BCUT2D eigenvalue weighted by atomic mass is 16.5. The summed E-state index contributed by atoms with van der Waals surface area (Å²) in [6.07, 6.45) is 2.14. The SMILES string of the molecule is Cc1cc(C)c(NC(=O)C(C)OC(=O)[C@H](C)N2C(=O)C3CCCCC3C2=O)c(C)c1. The summed E-state index contributed by atoms with van der Waals surface area (Å²) in [4.78, 5) is 51.6. The van der Waals surface area contributed by atoms with Crippen LogP contribution < -0.4 is 5.32 Å². The van der Waals surface area contributed by atoms with Gasteiger partial charge in [0, 0.05) is 5.69 Å². The molecule has 7 nitrogen and oxygen atoms in total. The van der Waals surface area contributed by atoms with Gasteiger partial charge in [-0.25, -0.2) is 4.79 Å². The van der Waals surface area contributed by atoms with E-state index in [1.54, 1.807) is 0 Å². The minimum absolute atomic E-state index is 0.294. The van der Waals surface area contributed by atoms with Gasteiger partial charge in [-0.3, -0.25) is 19.3 Å². The number of carbonyl (C=O) groups is 4. The van der Waals surface area contributed by atoms with Crippen LogP contribution in [0.5, 0.6) is 0 Å². The van der Waals surface area contributed by atoms with Crippen LogP contribution in [0.3, 0.4) is 0 Å². The number of rotatable bonds is 5. The number of fused-ring (bicyclic) bond motifs is 1. The van der Waals surface area contributed by atoms with Gasteiger partial charge < -0.3 is 10.1 Å². The van der Waals surface area contributed by atoms with E-state index in [1.807, 2.05) is 32.9 Å². The first-order valence-corrected chi connectivity index (χ1v) is 10.6. The largest absolute Gasteiger partial charge is 0.451 e. The number of amides is 3. The number of likely N-dealkylation sites (tertiary alicyclic amines) is 1. The van der Waals surface area contributed by atoms with Crippen molar-refractivity contribution in [2.45, 2.75) is 72.4 Å². The number of hydrogen-bond donors (Lipinski definition) is 1. The first-order chi connectivity index (χ1) is 14.1. The maximum Gasteiger partial charge on any atom is 0.329 e. The number of aryl methyl sites for hydroxylation is 3. The maximum atomic E-state index is 12.7. The van der Waals surface area contributed by atoms with Crippen molar-refractivity contribution in [2.75, 3.05) is 5.32 Å². The maximum absolute atomic E-state index is 12.7. The third-order valence-corrected chi connectivity index (χ3v) is 6.19. The average Bonchev–Trinajstić information content (AvgIpc) is 2.94. The number of imide groups is 1. The lowest BCUT2D eigenvalue weighted by Crippen LogP contribution is -2.46. The summed E-state index contributed by atoms with van der Waals surface area (Å²) in [7, 11) is 0. The molecule has 0 bridgehead atoms. The number of benzene rings is 1. The predicted molar refractivity (Wildman–Crippen MR) is 112 cm³/mol. The number of anilines is 1. The van der Waals surface area contributed by atoms with E-state index in [2.05, 4.69) is 5.32 Å². The zero-order valence-corrected chi connectivity index (χ0v) is 18.3. The topological polar surface area (TPSA) is 92.8 Å². The number of nitrogens with one attached hydrogen (secondary N) is 1. The normalized spacial score (nSPS) is 23.0. The van der Waals surface area contributed by atoms with Crippen molar-refractivity contribution in [1.82, 2.24) is 4.90 Å². The molecule has 1 N–H and O–H groups in total. The molecule has 30 heavy (non-hydrogen) atoms. The lowest BCUT2D eigenvalue weighted by atomic mass is 9.81. The Hall–Kier alpha value is -2.70. The molecule has 1 aromatic rings. The fourth-order valence-electron chi connectivity index (χ4n) is 4.60. The highest BCUT2D eigenvalue weighted by molar-refractivity contribution is 6.08. The van der Waals surface area contributed by atoms with Gasteiger partial charge in [0.2, 0.25) is 11.8 Å². The van der Waals surface area contributed by atoms with Crippen LogP contribution in [-0.4, -0.2) is 40.7 Å². The third-order valence-electron chi connectivity index (χ3n) is 6.19. The van der Waals surface area contributed by atoms with E-state index < -0.39 is 24.0 Å². The molecular weight excluding hydrogens is 384 g/mol. The molecule has 1 aromatic carbocycles. The summed E-state index contributed by atoms with van der Waals surface area (Å²) in [5.41, 5.74) is 3.62. The van der Waals surface area contributed by atoms with Crippen LogP contribution in [0.1, 0.15) is 56.2 Å². The van der Waals surface area contributed by atoms with Gasteiger partial charge in [0.05, 0.1) is 11.8 Å². The van der Waals surface area contributed by atoms with Crippen molar-refractivity contribution in [3.05, 3.63) is 28.8 Å². The number of hydrogen-bond acceptors (Lipinski definition) is 5. The Labute approximate surface area is 177 Å². The van der Waals surface area contributed by atoms with Crippen molar-refractivity contribution >= 4 is 29.4 Å². The van der Waals surface area contributed by atoms with Gasteiger partial charge in [-0.15, -0.1) is 0 Å². The van der Waals surface area contributed by atoms with Gasteiger partial charge in [0.25, 0.3) is 5.91 Å². The smallest absolute Gasteiger partial charge is 0.329 e. The van der Waals surface area contributed by atoms with Gasteiger partial charge >= 0.3 is 5.97 Å². The third kappa shape index (κ3) is 4.11. The van der Waals surface area contributed by atoms with Gasteiger partial charge in [-0.1, -0.05) is 30.5 Å². The molecule has 7 heteroatoms. The fraction of sp³-hybridized carbons (Fsp3) is 0.565. The second-order valence-corrected chi connectivity index (χ2v) is 8.56. The molecule has 1 heterocycles. The van der Waals surface area contributed by atoms with Crippen molar-refractivity contribution in [3.63, 3.8) is 0 Å². The highest BCUT2D eigenvalue weighted by Gasteiger charge is 2.51. The molecule has 3 rings (SSSR count). The Morgan fingerprint density at radius 2 is 1.50 bits per heavy atom. The van der Waals surface area contributed by atoms with E-state index in [0.29, 0.717) is 18.5 Å². The molecule has 2 fully saturated rings. The van der Waals surface area contributed by atoms with E-state index in [4.69, 9.17) is 4.74 Å². The first kappa shape index (κ1) is 22.0. The Morgan fingerprint density at radius 1 is 1.00 bits per heavy atom. The van der Waals surface area contributed by atoms with Crippen LogP contribution in [-0.2, 0) is 23.9 Å². The Bertz CT molecular complexity index is 847. The Kier molecular flexibility index (Phi) is 6.29. The first-order valence-electron chi connectivity index (χ1n) is 10.6. The quantitative estimate of drug-likeness (QED) is 0.590. The van der Waals surface area contributed by atoms with E-state index in [1.165, 1.54) is 13.8 Å². The number of ether oxygens (including phenoxy) is 1. The summed E-state index contributed by atoms with van der Waals surface area (Å²) in [6.45, 7) is 8.74. The molecule has 3 unspecified atom stereocenters. The lowest BCUT2D eigenvalue weighted by molar-refractivity contribution is -0.163. The molecule has 0 aromatic heterocycles. The molecule has 2 aliphatic rings. The van der Waals surface area contributed by atoms with Gasteiger partial charge in [0.15, 0.2) is 6.10 Å². The predicted octanol–water partition coefficient (Wildman–Crippen LogP) is 3.05. The van der Waals surface area contributed by atoms with Gasteiger partial charge in [0.1, 0.15) is 6.04 Å². The van der Waals surface area contributed by atoms with Crippen molar-refractivity contribution in [3.8, 4) is 0 Å². The van der Waals surface area contributed by atoms with Crippen molar-refractivity contribution in [2.24, 2.45) is 11.8 Å². The summed E-state index contributed by atoms with van der Waals surface area (Å²) in [5, 5.41) is 2.81. The minimum atomic E-state index is -1.06. The molecule has 0 spiro atoms. The number of carbonyl (C=O) groups excluding carboxylic acids is 4. The van der Waals surface area contributed by atoms with Crippen LogP contribution in [0, 0.1) is 32.6 Å². The summed E-state index contributed by atoms with van der Waals surface area (Å²) in [6, 6.07) is 2.88. The summed E-state index contributed by atoms with van der Waals surface area (Å²) >= 11 is 0. The van der Waals surface area contributed by atoms with Crippen molar-refractivity contribution in [1.29, 1.82) is 0 Å². The van der Waals surface area contributed by atoms with E-state index in [-0.39, 0.29) is 23.7 Å². The van der Waals surface area contributed by atoms with Crippen LogP contribution in [0.4, 0.5) is 5.69 Å². The van der Waals surface area contributed by atoms with E-state index >= 15 is 0 Å². The van der Waals surface area contributed by atoms with Crippen LogP contribution >= 0.6 is 0 Å². The second-order valence-electron chi connectivity index (χ2n) is 8.56. The fourth-order valence-corrected chi connectivity index (χ4v) is 4.60. The van der Waals surface area contributed by atoms with E-state index in [0.717, 1.165) is 34.4 Å². The molecule has 1 saturated carbocycles. The number of esters is 1. The molecular formula is C23H30N2O5. The standard InChI is InChI=1S/C23H30N2O5/c1-12-10-13(2)19(14(3)11-12)24-20(26)16(5)30-23(29)15(4)25-21(27)17-8-6-7-9-18(17)22(25)28/h10-11,15-18H,6-9H2,1-5H3,(H,24,26)/t15-,16?,17?,18?/m0/s1. The monoisotopic (exact) mass is 414 g/mol. The molecule has 1 aliphatic carbocycles. The van der Waals surface area contributed by atoms with Crippen LogP contribution in [0.2, 0.25) is 0 Å². The molecule has 162 valence electrons. The lowest BCUT2D eigenvalue weighted by Gasteiger charge is -2.23. The van der Waals surface area contributed by atoms with Crippen LogP contribution in [0.25, 0.3) is 0 Å². The summed E-state index contributed by atoms with van der Waals surface area (Å²) < 4.78 is 5.31. The summed E-state index contributed by atoms with van der Waals surface area (Å²) in [5.74, 6) is -2.45. The Balaban J connectivity index is 1.64. The highest BCUT2D eigenvalue weighted by Crippen LogP contribution is 2.39. The van der Waals surface area contributed by atoms with Gasteiger partial charge in [-0.05, 0) is 58.6 Å². The minimum Gasteiger partial charge on any atom is -0.451 e. The molecule has 4 atom stereocenters. The molecule has 1 aliphatic heterocycles. The Morgan fingerprint density at radius 3 is 2.00 bits per heavy atom. The van der Waals surface area contributed by atoms with Crippen LogP contribution in [0.15, 0.2) is 12.1 Å². The second kappa shape index (κ2) is 8.58. The molecule has 3 amide bonds. The average molecular weight is 415 g/mol. The molecule has 1 saturated heterocycles. The zero-order chi connectivity index (χ0) is 22.2. The number of nitrogens with zero attached hydrogens (tertiary/aromatic N) is 1.